The maximum Gasteiger partial charge on any atom is 0.189 e. The zero-order chi connectivity index (χ0) is 20.8. The topological polar surface area (TPSA) is 53.4 Å². The molecule has 0 amide bonds. The Morgan fingerprint density at radius 2 is 1.97 bits per heavy atom. The molecule has 0 unspecified atom stereocenters. The zero-order valence-corrected chi connectivity index (χ0v) is 18.8. The first-order valence-corrected chi connectivity index (χ1v) is 10.4. The van der Waals surface area contributed by atoms with Gasteiger partial charge >= 0.3 is 0 Å². The number of allylic oxidation sites excluding steroid dienone is 1. The van der Waals surface area contributed by atoms with Crippen LogP contribution in [0.5, 0.6) is 11.5 Å². The Morgan fingerprint density at radius 1 is 1.21 bits per heavy atom. The summed E-state index contributed by atoms with van der Waals surface area (Å²) in [6.45, 7) is 5.03. The van der Waals surface area contributed by atoms with Gasteiger partial charge in [-0.3, -0.25) is 9.48 Å². The summed E-state index contributed by atoms with van der Waals surface area (Å²) >= 11 is 2.26. The van der Waals surface area contributed by atoms with Crippen LogP contribution in [-0.2, 0) is 13.2 Å². The van der Waals surface area contributed by atoms with E-state index in [4.69, 9.17) is 9.47 Å². The number of aromatic nitrogens is 2. The van der Waals surface area contributed by atoms with E-state index in [-0.39, 0.29) is 5.78 Å². The van der Waals surface area contributed by atoms with Gasteiger partial charge in [0.15, 0.2) is 5.78 Å². The lowest BCUT2D eigenvalue weighted by Crippen LogP contribution is -2.02. The Labute approximate surface area is 184 Å². The third-order valence-electron chi connectivity index (χ3n) is 4.61. The third-order valence-corrected chi connectivity index (χ3v) is 5.33. The summed E-state index contributed by atoms with van der Waals surface area (Å²) in [7, 11) is 1.64. The molecule has 6 heteroatoms. The van der Waals surface area contributed by atoms with Crippen molar-refractivity contribution in [3.05, 3.63) is 80.7 Å². The van der Waals surface area contributed by atoms with E-state index in [1.165, 1.54) is 0 Å². The molecule has 5 nitrogen and oxygen atoms in total. The molecule has 1 heterocycles. The second-order valence-corrected chi connectivity index (χ2v) is 7.72. The standard InChI is InChI=1S/C23H23IN2O3/c1-4-26-16(2)21(14-25-26)22(27)11-5-17-6-12-23(28-3)18(13-17)15-29-20-9-7-19(24)8-10-20/h5-14H,4,15H2,1-3H3/b11-5+. The minimum absolute atomic E-state index is 0.0605. The molecule has 150 valence electrons. The number of ketones is 1. The monoisotopic (exact) mass is 502 g/mol. The van der Waals surface area contributed by atoms with Gasteiger partial charge in [-0.05, 0) is 84.5 Å². The van der Waals surface area contributed by atoms with Gasteiger partial charge in [0, 0.05) is 21.4 Å². The Morgan fingerprint density at radius 3 is 2.62 bits per heavy atom. The van der Waals surface area contributed by atoms with E-state index in [1.54, 1.807) is 25.5 Å². The number of carbonyl (C=O) groups excluding carboxylic acids is 1. The minimum atomic E-state index is -0.0605. The summed E-state index contributed by atoms with van der Waals surface area (Å²) in [4.78, 5) is 12.5. The van der Waals surface area contributed by atoms with Crippen molar-refractivity contribution in [1.29, 1.82) is 0 Å². The van der Waals surface area contributed by atoms with E-state index in [0.717, 1.165) is 38.4 Å². The molecule has 1 aromatic heterocycles. The maximum atomic E-state index is 12.5. The smallest absolute Gasteiger partial charge is 0.189 e. The van der Waals surface area contributed by atoms with Crippen molar-refractivity contribution in [3.63, 3.8) is 0 Å². The van der Waals surface area contributed by atoms with Crippen LogP contribution >= 0.6 is 22.6 Å². The highest BCUT2D eigenvalue weighted by Gasteiger charge is 2.11. The van der Waals surface area contributed by atoms with Gasteiger partial charge in [-0.2, -0.15) is 5.10 Å². The first-order chi connectivity index (χ1) is 14.0. The first-order valence-electron chi connectivity index (χ1n) is 9.32. The Hall–Kier alpha value is -2.61. The number of methoxy groups -OCH3 is 1. The third kappa shape index (κ3) is 5.26. The fraction of sp³-hybridized carbons (Fsp3) is 0.217. The maximum absolute atomic E-state index is 12.5. The summed E-state index contributed by atoms with van der Waals surface area (Å²) in [6.07, 6.45) is 5.01. The molecule has 0 spiro atoms. The predicted molar refractivity (Wildman–Crippen MR) is 122 cm³/mol. The van der Waals surface area contributed by atoms with Crippen LogP contribution in [0.2, 0.25) is 0 Å². The highest BCUT2D eigenvalue weighted by atomic mass is 127. The highest BCUT2D eigenvalue weighted by Crippen LogP contribution is 2.23. The molecule has 0 saturated carbocycles. The molecule has 29 heavy (non-hydrogen) atoms. The normalized spacial score (nSPS) is 11.0. The van der Waals surface area contributed by atoms with Crippen molar-refractivity contribution in [2.75, 3.05) is 7.11 Å². The Bertz CT molecular complexity index is 1020. The fourth-order valence-corrected chi connectivity index (χ4v) is 3.34. The van der Waals surface area contributed by atoms with Crippen LogP contribution in [-0.4, -0.2) is 22.7 Å². The van der Waals surface area contributed by atoms with E-state index in [0.29, 0.717) is 12.2 Å². The van der Waals surface area contributed by atoms with Crippen molar-refractivity contribution in [1.82, 2.24) is 9.78 Å². The van der Waals surface area contributed by atoms with Gasteiger partial charge in [0.05, 0.1) is 18.9 Å². The number of ether oxygens (including phenoxy) is 2. The molecule has 3 aromatic rings. The summed E-state index contributed by atoms with van der Waals surface area (Å²) in [5.74, 6) is 1.49. The molecule has 0 N–H and O–H groups in total. The highest BCUT2D eigenvalue weighted by molar-refractivity contribution is 14.1. The van der Waals surface area contributed by atoms with E-state index in [1.807, 2.05) is 61.0 Å². The average Bonchev–Trinajstić information content (AvgIpc) is 3.12. The molecule has 3 rings (SSSR count). The number of hydrogen-bond acceptors (Lipinski definition) is 4. The number of carbonyl (C=O) groups is 1. The second kappa shape index (κ2) is 9.73. The van der Waals surface area contributed by atoms with Crippen LogP contribution in [0.3, 0.4) is 0 Å². The lowest BCUT2D eigenvalue weighted by molar-refractivity contribution is 0.104. The van der Waals surface area contributed by atoms with Crippen LogP contribution in [0.25, 0.3) is 6.08 Å². The van der Waals surface area contributed by atoms with Crippen LogP contribution in [0.1, 0.15) is 34.1 Å². The number of benzene rings is 2. The number of halogens is 1. The van der Waals surface area contributed by atoms with Gasteiger partial charge in [-0.25, -0.2) is 0 Å². The average molecular weight is 502 g/mol. The largest absolute Gasteiger partial charge is 0.496 e. The molecule has 0 aliphatic rings. The number of aryl methyl sites for hydroxylation is 1. The summed E-state index contributed by atoms with van der Waals surface area (Å²) in [6, 6.07) is 13.7. The van der Waals surface area contributed by atoms with Gasteiger partial charge in [-0.15, -0.1) is 0 Å². The SMILES string of the molecule is CCn1ncc(C(=O)/C=C/c2ccc(OC)c(COc3ccc(I)cc3)c2)c1C. The zero-order valence-electron chi connectivity index (χ0n) is 16.7. The minimum Gasteiger partial charge on any atom is -0.496 e. The van der Waals surface area contributed by atoms with Crippen molar-refractivity contribution in [2.45, 2.75) is 27.0 Å². The number of hydrogen-bond donors (Lipinski definition) is 0. The van der Waals surface area contributed by atoms with Crippen LogP contribution in [0.15, 0.2) is 54.7 Å². The van der Waals surface area contributed by atoms with Gasteiger partial charge in [0.1, 0.15) is 18.1 Å². The predicted octanol–water partition coefficient (Wildman–Crippen LogP) is 5.30. The van der Waals surface area contributed by atoms with E-state index in [9.17, 15) is 4.79 Å². The van der Waals surface area contributed by atoms with Crippen molar-refractivity contribution >= 4 is 34.5 Å². The van der Waals surface area contributed by atoms with E-state index in [2.05, 4.69) is 27.7 Å². The van der Waals surface area contributed by atoms with Crippen molar-refractivity contribution in [2.24, 2.45) is 0 Å². The lowest BCUT2D eigenvalue weighted by Gasteiger charge is -2.11. The molecular formula is C23H23IN2O3. The van der Waals surface area contributed by atoms with Gasteiger partial charge in [-0.1, -0.05) is 12.1 Å². The molecule has 0 aliphatic carbocycles. The molecule has 0 aliphatic heterocycles. The van der Waals surface area contributed by atoms with Gasteiger partial charge in [0.25, 0.3) is 0 Å². The van der Waals surface area contributed by atoms with Crippen LogP contribution < -0.4 is 9.47 Å². The van der Waals surface area contributed by atoms with Crippen molar-refractivity contribution < 1.29 is 14.3 Å². The molecule has 0 bridgehead atoms. The molecule has 0 radical (unpaired) electrons. The van der Waals surface area contributed by atoms with Gasteiger partial charge in [0.2, 0.25) is 0 Å². The summed E-state index contributed by atoms with van der Waals surface area (Å²) in [5, 5.41) is 4.23. The van der Waals surface area contributed by atoms with Crippen molar-refractivity contribution in [3.8, 4) is 11.5 Å². The van der Waals surface area contributed by atoms with Gasteiger partial charge < -0.3 is 9.47 Å². The quantitative estimate of drug-likeness (QED) is 0.238. The Kier molecular flexibility index (Phi) is 7.09. The van der Waals surface area contributed by atoms with Crippen LogP contribution in [0, 0.1) is 10.5 Å². The molecule has 0 atom stereocenters. The lowest BCUT2D eigenvalue weighted by atomic mass is 10.1. The Balaban J connectivity index is 1.75. The van der Waals surface area contributed by atoms with E-state index < -0.39 is 0 Å². The summed E-state index contributed by atoms with van der Waals surface area (Å²) in [5.41, 5.74) is 3.32. The fourth-order valence-electron chi connectivity index (χ4n) is 2.98. The molecule has 0 saturated heterocycles. The molecule has 2 aromatic carbocycles. The first kappa shape index (κ1) is 21.1. The van der Waals surface area contributed by atoms with E-state index >= 15 is 0 Å². The molecular weight excluding hydrogens is 479 g/mol. The summed E-state index contributed by atoms with van der Waals surface area (Å²) < 4.78 is 14.3. The number of rotatable bonds is 8. The van der Waals surface area contributed by atoms with Crippen LogP contribution in [0.4, 0.5) is 0 Å². The molecule has 0 fully saturated rings. The number of nitrogens with zero attached hydrogens (tertiary/aromatic N) is 2. The second-order valence-electron chi connectivity index (χ2n) is 6.47.